The zero-order valence-corrected chi connectivity index (χ0v) is 15.8. The van der Waals surface area contributed by atoms with E-state index in [1.165, 1.54) is 50.5 Å². The molecule has 0 bridgehead atoms. The van der Waals surface area contributed by atoms with E-state index < -0.39 is 0 Å². The van der Waals surface area contributed by atoms with Crippen LogP contribution in [0.5, 0.6) is 11.5 Å². The number of hydrogen-bond acceptors (Lipinski definition) is 3. The molecule has 24 heavy (non-hydrogen) atoms. The molecule has 3 nitrogen and oxygen atoms in total. The Morgan fingerprint density at radius 2 is 1.83 bits per heavy atom. The van der Waals surface area contributed by atoms with Gasteiger partial charge < -0.3 is 14.8 Å². The maximum Gasteiger partial charge on any atom is 0.126 e. The number of fused-ring (bicyclic) bond motifs is 2. The summed E-state index contributed by atoms with van der Waals surface area (Å²) in [7, 11) is 0. The van der Waals surface area contributed by atoms with Gasteiger partial charge in [0.15, 0.2) is 0 Å². The second-order valence-corrected chi connectivity index (χ2v) is 7.09. The van der Waals surface area contributed by atoms with E-state index in [-0.39, 0.29) is 17.8 Å². The van der Waals surface area contributed by atoms with Crippen molar-refractivity contribution in [3.63, 3.8) is 0 Å². The Kier molecular flexibility index (Phi) is 7.70. The summed E-state index contributed by atoms with van der Waals surface area (Å²) in [5.74, 6) is 2.01. The number of hydrogen-bond donors (Lipinski definition) is 1. The lowest BCUT2D eigenvalue weighted by Gasteiger charge is -2.32. The molecule has 0 unspecified atom stereocenters. The van der Waals surface area contributed by atoms with Gasteiger partial charge in [-0.05, 0) is 38.4 Å². The molecule has 1 fully saturated rings. The van der Waals surface area contributed by atoms with E-state index in [2.05, 4.69) is 30.4 Å². The maximum atomic E-state index is 6.00. The summed E-state index contributed by atoms with van der Waals surface area (Å²) in [4.78, 5) is 0. The number of halogens is 1. The van der Waals surface area contributed by atoms with Crippen molar-refractivity contribution in [2.24, 2.45) is 0 Å². The predicted octanol–water partition coefficient (Wildman–Crippen LogP) is 4.86. The fourth-order valence-corrected chi connectivity index (χ4v) is 3.84. The number of nitrogens with one attached hydrogen (secondary N) is 1. The van der Waals surface area contributed by atoms with Crippen LogP contribution in [0.25, 0.3) is 0 Å². The largest absolute Gasteiger partial charge is 0.493 e. The van der Waals surface area contributed by atoms with Gasteiger partial charge >= 0.3 is 0 Å². The molecule has 136 valence electrons. The molecule has 0 aliphatic carbocycles. The second kappa shape index (κ2) is 9.53. The van der Waals surface area contributed by atoms with Crippen LogP contribution in [0, 0.1) is 0 Å². The van der Waals surface area contributed by atoms with E-state index in [1.54, 1.807) is 0 Å². The summed E-state index contributed by atoms with van der Waals surface area (Å²) in [6.45, 7) is 6.11. The first-order valence-corrected chi connectivity index (χ1v) is 9.45. The fraction of sp³-hybridized carbons (Fsp3) is 0.700. The maximum absolute atomic E-state index is 6.00. The Hall–Kier alpha value is -0.930. The minimum Gasteiger partial charge on any atom is -0.493 e. The lowest BCUT2D eigenvalue weighted by molar-refractivity contribution is 0.220. The summed E-state index contributed by atoms with van der Waals surface area (Å²) in [6, 6.07) is 6.47. The minimum atomic E-state index is 0. The lowest BCUT2D eigenvalue weighted by Crippen LogP contribution is -2.40. The monoisotopic (exact) mass is 353 g/mol. The normalized spacial score (nSPS) is 17.9. The zero-order valence-electron chi connectivity index (χ0n) is 14.9. The standard InChI is InChI=1S/C20H31NO2.ClH/c1-2-3-4-5-6-7-14-22-17-8-9-18-19(15-17)23-16-20(18)10-12-21-13-11-20;/h8-9,15,21H,2-7,10-14,16H2,1H3;1H. The van der Waals surface area contributed by atoms with Crippen molar-refractivity contribution in [2.75, 3.05) is 26.3 Å². The smallest absolute Gasteiger partial charge is 0.126 e. The quantitative estimate of drug-likeness (QED) is 0.677. The number of rotatable bonds is 8. The van der Waals surface area contributed by atoms with E-state index in [1.807, 2.05) is 0 Å². The molecule has 1 aromatic carbocycles. The van der Waals surface area contributed by atoms with Gasteiger partial charge in [-0.2, -0.15) is 0 Å². The lowest BCUT2D eigenvalue weighted by atomic mass is 9.75. The first-order chi connectivity index (χ1) is 11.3. The Morgan fingerprint density at radius 3 is 2.62 bits per heavy atom. The topological polar surface area (TPSA) is 30.5 Å². The predicted molar refractivity (Wildman–Crippen MR) is 102 cm³/mol. The third-order valence-corrected chi connectivity index (χ3v) is 5.36. The molecule has 0 amide bonds. The van der Waals surface area contributed by atoms with Crippen LogP contribution in [0.15, 0.2) is 18.2 Å². The summed E-state index contributed by atoms with van der Waals surface area (Å²) in [5, 5.41) is 3.45. The molecule has 0 saturated carbocycles. The van der Waals surface area contributed by atoms with Crippen LogP contribution in [0.1, 0.15) is 63.9 Å². The van der Waals surface area contributed by atoms with Crippen molar-refractivity contribution in [3.05, 3.63) is 23.8 Å². The van der Waals surface area contributed by atoms with E-state index >= 15 is 0 Å². The van der Waals surface area contributed by atoms with Crippen LogP contribution < -0.4 is 14.8 Å². The Labute approximate surface area is 152 Å². The van der Waals surface area contributed by atoms with E-state index in [0.29, 0.717) is 0 Å². The molecule has 1 spiro atoms. The van der Waals surface area contributed by atoms with Crippen LogP contribution in [0.3, 0.4) is 0 Å². The molecule has 1 N–H and O–H groups in total. The highest BCUT2D eigenvalue weighted by Crippen LogP contribution is 2.45. The van der Waals surface area contributed by atoms with Gasteiger partial charge in [0.25, 0.3) is 0 Å². The van der Waals surface area contributed by atoms with Gasteiger partial charge in [0.1, 0.15) is 11.5 Å². The Balaban J connectivity index is 0.00000208. The zero-order chi connectivity index (χ0) is 16.0. The van der Waals surface area contributed by atoms with Crippen molar-refractivity contribution in [2.45, 2.75) is 63.7 Å². The summed E-state index contributed by atoms with van der Waals surface area (Å²) < 4.78 is 11.9. The van der Waals surface area contributed by atoms with Gasteiger partial charge in [0.2, 0.25) is 0 Å². The summed E-state index contributed by atoms with van der Waals surface area (Å²) in [6.07, 6.45) is 10.1. The molecule has 2 aliphatic rings. The first-order valence-electron chi connectivity index (χ1n) is 9.45. The molecule has 2 aliphatic heterocycles. The van der Waals surface area contributed by atoms with Crippen molar-refractivity contribution in [1.29, 1.82) is 0 Å². The molecule has 4 heteroatoms. The molecular formula is C20H32ClNO2. The van der Waals surface area contributed by atoms with Gasteiger partial charge in [-0.15, -0.1) is 12.4 Å². The van der Waals surface area contributed by atoms with Gasteiger partial charge in [-0.1, -0.05) is 45.1 Å². The van der Waals surface area contributed by atoms with E-state index in [9.17, 15) is 0 Å². The highest BCUT2D eigenvalue weighted by atomic mass is 35.5. The van der Waals surface area contributed by atoms with Crippen LogP contribution in [0.4, 0.5) is 0 Å². The van der Waals surface area contributed by atoms with Gasteiger partial charge in [-0.3, -0.25) is 0 Å². The number of benzene rings is 1. The molecule has 1 saturated heterocycles. The molecule has 3 rings (SSSR count). The highest BCUT2D eigenvalue weighted by molar-refractivity contribution is 5.85. The van der Waals surface area contributed by atoms with Gasteiger partial charge in [0.05, 0.1) is 13.2 Å². The summed E-state index contributed by atoms with van der Waals surface area (Å²) in [5.41, 5.74) is 1.64. The van der Waals surface area contributed by atoms with Crippen molar-refractivity contribution in [3.8, 4) is 11.5 Å². The average Bonchev–Trinajstić information content (AvgIpc) is 2.92. The van der Waals surface area contributed by atoms with Crippen LogP contribution in [-0.2, 0) is 5.41 Å². The molecule has 0 atom stereocenters. The van der Waals surface area contributed by atoms with Crippen molar-refractivity contribution >= 4 is 12.4 Å². The molecule has 1 aromatic rings. The fourth-order valence-electron chi connectivity index (χ4n) is 3.84. The Bertz CT molecular complexity index is 500. The van der Waals surface area contributed by atoms with E-state index in [4.69, 9.17) is 9.47 Å². The van der Waals surface area contributed by atoms with Gasteiger partial charge in [0, 0.05) is 17.0 Å². The Morgan fingerprint density at radius 1 is 1.08 bits per heavy atom. The third kappa shape index (κ3) is 4.58. The van der Waals surface area contributed by atoms with Crippen molar-refractivity contribution < 1.29 is 9.47 Å². The SMILES string of the molecule is CCCCCCCCOc1ccc2c(c1)OCC21CCNCC1.Cl. The summed E-state index contributed by atoms with van der Waals surface area (Å²) >= 11 is 0. The highest BCUT2D eigenvalue weighted by Gasteiger charge is 2.41. The van der Waals surface area contributed by atoms with Gasteiger partial charge in [-0.25, -0.2) is 0 Å². The van der Waals surface area contributed by atoms with Crippen LogP contribution in [-0.4, -0.2) is 26.3 Å². The van der Waals surface area contributed by atoms with E-state index in [0.717, 1.165) is 44.2 Å². The molecular weight excluding hydrogens is 322 g/mol. The minimum absolute atomic E-state index is 0. The first kappa shape index (κ1) is 19.4. The molecule has 0 aromatic heterocycles. The number of unbranched alkanes of at least 4 members (excludes halogenated alkanes) is 5. The van der Waals surface area contributed by atoms with Crippen molar-refractivity contribution in [1.82, 2.24) is 5.32 Å². The number of piperidine rings is 1. The molecule has 0 radical (unpaired) electrons. The average molecular weight is 354 g/mol. The number of ether oxygens (including phenoxy) is 2. The second-order valence-electron chi connectivity index (χ2n) is 7.09. The molecule has 2 heterocycles. The van der Waals surface area contributed by atoms with Crippen LogP contribution in [0.2, 0.25) is 0 Å². The third-order valence-electron chi connectivity index (χ3n) is 5.36. The van der Waals surface area contributed by atoms with Crippen LogP contribution >= 0.6 is 12.4 Å².